The van der Waals surface area contributed by atoms with Crippen LogP contribution in [0.4, 0.5) is 0 Å². The smallest absolute Gasteiger partial charge is 0.330 e. The van der Waals surface area contributed by atoms with Gasteiger partial charge in [0, 0.05) is 66.4 Å². The number of pyridine rings is 8. The van der Waals surface area contributed by atoms with Gasteiger partial charge in [-0.3, -0.25) is 33.9 Å². The van der Waals surface area contributed by atoms with E-state index in [-0.39, 0.29) is 0 Å². The van der Waals surface area contributed by atoms with E-state index < -0.39 is 6.98 Å². The average Bonchev–Trinajstić information content (AvgIpc) is 1.57. The van der Waals surface area contributed by atoms with E-state index in [9.17, 15) is 0 Å². The fourth-order valence-corrected chi connectivity index (χ4v) is 18.0. The van der Waals surface area contributed by atoms with Crippen LogP contribution in [-0.2, 0) is 46.7 Å². The van der Waals surface area contributed by atoms with Crippen molar-refractivity contribution in [3.63, 3.8) is 0 Å². The summed E-state index contributed by atoms with van der Waals surface area (Å²) in [5.74, 6) is 2.41. The summed E-state index contributed by atoms with van der Waals surface area (Å²) in [6.07, 6.45) is 28.7. The Bertz CT molecular complexity index is 6810. The predicted molar refractivity (Wildman–Crippen MR) is 374 cm³/mol. The molecule has 20 heteroatoms. The third kappa shape index (κ3) is 7.92. The second kappa shape index (κ2) is 20.6. The van der Waals surface area contributed by atoms with Gasteiger partial charge in [-0.2, -0.15) is 13.5 Å². The Morgan fingerprint density at radius 1 is 0.454 bits per heavy atom. The molecule has 18 nitrogen and oxygen atoms in total. The first-order valence-corrected chi connectivity index (χ1v) is 33.9. The number of benzene rings is 2. The number of nitrogens with zero attached hydrogens (tertiary/aromatic N) is 18. The summed E-state index contributed by atoms with van der Waals surface area (Å²) in [6.45, 7) is 1.96. The van der Waals surface area contributed by atoms with E-state index in [1.54, 1.807) is 6.20 Å². The molecule has 5 aliphatic rings. The number of aromatic nitrogens is 18. The lowest BCUT2D eigenvalue weighted by Gasteiger charge is -1.94. The molecule has 0 aliphatic carbocycles. The number of imidazole rings is 6. The van der Waals surface area contributed by atoms with Crippen molar-refractivity contribution >= 4 is 98.8 Å². The van der Waals surface area contributed by atoms with Crippen LogP contribution in [0.3, 0.4) is 0 Å². The number of thiazole rings is 2. The van der Waals surface area contributed by atoms with Gasteiger partial charge in [0.05, 0.1) is 73.5 Å². The van der Waals surface area contributed by atoms with E-state index in [1.165, 1.54) is 121 Å². The van der Waals surface area contributed by atoms with E-state index in [1.807, 2.05) is 90.7 Å². The standard InChI is InChI=1S/2C16H12N3S.3C15H11N4/c2*1-18-13-7-3-2-5-11(13)14-16(18)20-15-10-6-4-8-17-12(10)9-19(14)15;1-2-7-19-11(4-1)8-18-10-17-9-13-12(5-3-6-16-13)14(17)15(18)19;1-2-7-18-11(4-1)8-19-14(18)10-17-9-13-12(15(17)19)5-3-6-16-13;1-2-7-18-11(4-1)8-17-10-14-12-5-3-6-16-13(12)9-19(14)15(17)18/h2*2-8H,9H2,1H3;3*1-8,10H,9H2/q5*+1/i1D3;;;;. The molecule has 2 aromatic carbocycles. The summed E-state index contributed by atoms with van der Waals surface area (Å²) in [5.41, 5.74) is 24.8. The van der Waals surface area contributed by atoms with Crippen molar-refractivity contribution in [3.8, 4) is 55.0 Å². The maximum Gasteiger partial charge on any atom is 0.374 e. The first kappa shape index (κ1) is 51.2. The number of fused-ring (bicyclic) bond motifs is 35. The van der Waals surface area contributed by atoms with Crippen LogP contribution in [0.15, 0.2) is 251 Å². The molecule has 0 bridgehead atoms. The molecule has 0 atom stereocenters. The van der Waals surface area contributed by atoms with Crippen molar-refractivity contribution in [2.45, 2.75) is 32.7 Å². The van der Waals surface area contributed by atoms with Gasteiger partial charge in [-0.05, 0) is 144 Å². The number of hydrogen-bond acceptors (Lipinski definition) is 7. The quantitative estimate of drug-likeness (QED) is 0.140. The molecule has 5 aliphatic heterocycles. The van der Waals surface area contributed by atoms with Crippen LogP contribution < -0.4 is 22.5 Å². The van der Waals surface area contributed by atoms with Gasteiger partial charge in [0.25, 0.3) is 38.2 Å². The highest BCUT2D eigenvalue weighted by molar-refractivity contribution is 7.21. The van der Waals surface area contributed by atoms with E-state index in [0.717, 1.165) is 80.8 Å². The zero-order valence-electron chi connectivity index (χ0n) is 55.1. The second-order valence-electron chi connectivity index (χ2n) is 25.0. The number of hydrogen-bond donors (Lipinski definition) is 0. The Balaban J connectivity index is 0.0000000820. The summed E-state index contributed by atoms with van der Waals surface area (Å²) in [7, 11) is 2.15. The molecule has 0 unspecified atom stereocenters. The Kier molecular flexibility index (Phi) is 10.9. The van der Waals surface area contributed by atoms with Gasteiger partial charge in [-0.1, -0.05) is 42.5 Å². The summed E-state index contributed by atoms with van der Waals surface area (Å²) in [6, 6.07) is 55.8. The Morgan fingerprint density at radius 2 is 0.990 bits per heavy atom. The van der Waals surface area contributed by atoms with Crippen LogP contribution in [0.1, 0.15) is 32.6 Å². The van der Waals surface area contributed by atoms with E-state index in [0.29, 0.717) is 6.54 Å². The molecule has 0 amide bonds. The third-order valence-electron chi connectivity index (χ3n) is 19.7. The zero-order valence-corrected chi connectivity index (χ0v) is 53.7. The van der Waals surface area contributed by atoms with Crippen molar-refractivity contribution in [2.75, 3.05) is 0 Å². The van der Waals surface area contributed by atoms with Crippen LogP contribution in [-0.4, -0.2) is 60.8 Å². The third-order valence-corrected chi connectivity index (χ3v) is 22.2. The first-order chi connectivity index (χ1) is 49.1. The molecule has 0 fully saturated rings. The summed E-state index contributed by atoms with van der Waals surface area (Å²) >= 11 is 3.40. The Labute approximate surface area is 564 Å². The number of rotatable bonds is 0. The summed E-state index contributed by atoms with van der Waals surface area (Å²) < 4.78 is 52.4. The minimum atomic E-state index is -2.20. The first-order valence-electron chi connectivity index (χ1n) is 33.7. The number of aryl methyl sites for hydroxylation is 2. The van der Waals surface area contributed by atoms with Crippen LogP contribution >= 0.6 is 22.7 Å². The van der Waals surface area contributed by atoms with Crippen LogP contribution in [0.25, 0.3) is 131 Å². The lowest BCUT2D eigenvalue weighted by molar-refractivity contribution is -0.670. The van der Waals surface area contributed by atoms with Crippen molar-refractivity contribution in [2.24, 2.45) is 14.0 Å². The van der Waals surface area contributed by atoms with Crippen molar-refractivity contribution in [1.29, 1.82) is 0 Å². The molecule has 462 valence electrons. The van der Waals surface area contributed by atoms with Crippen LogP contribution in [0, 0.1) is 0 Å². The van der Waals surface area contributed by atoms with Gasteiger partial charge >= 0.3 is 5.78 Å². The van der Waals surface area contributed by atoms with Gasteiger partial charge in [-0.15, -0.1) is 0 Å². The van der Waals surface area contributed by atoms with Crippen LogP contribution in [0.5, 0.6) is 0 Å². The van der Waals surface area contributed by atoms with Gasteiger partial charge in [0.1, 0.15) is 72.5 Å². The van der Waals surface area contributed by atoms with E-state index in [2.05, 4.69) is 251 Å². The normalized spacial score (nSPS) is 13.6. The molecule has 23 heterocycles. The van der Waals surface area contributed by atoms with Crippen LogP contribution in [0.2, 0.25) is 0 Å². The molecule has 97 heavy (non-hydrogen) atoms. The van der Waals surface area contributed by atoms with Gasteiger partial charge < -0.3 is 9.13 Å². The Morgan fingerprint density at radius 3 is 1.67 bits per heavy atom. The van der Waals surface area contributed by atoms with Gasteiger partial charge in [-0.25, -0.2) is 26.7 Å². The monoisotopic (exact) mass is 1300 g/mol. The molecular formula is C77H57N18S2+5. The molecule has 20 aromatic rings. The largest absolute Gasteiger partial charge is 0.374 e. The summed E-state index contributed by atoms with van der Waals surface area (Å²) in [4.78, 5) is 24.5. The average molecular weight is 1300 g/mol. The second-order valence-corrected chi connectivity index (χ2v) is 27.0. The molecule has 0 N–H and O–H groups in total. The minimum absolute atomic E-state index is 0.695. The Hall–Kier alpha value is -12.3. The molecule has 0 radical (unpaired) electrons. The highest BCUT2D eigenvalue weighted by atomic mass is 32.1. The van der Waals surface area contributed by atoms with E-state index in [4.69, 9.17) is 4.11 Å². The fourth-order valence-electron chi connectivity index (χ4n) is 15.5. The fraction of sp³-hybridized carbons (Fsp3) is 0.0909. The SMILES string of the molecule is Cn1c2ccccc2c2c1sc1[n+]2Cc2ncccc2-1.[2H]C([2H])([2H])n1c2ccccc2c2c1sc1[n+]2Cc2ncccc2-1.c1cnc2c(c1)-c1c3n4ccccc4c[n+]3cn1C2.c1cnc2c(c1)-c1c[n+]3cc4ccccn4c3n1C2.c1cnc2c(c1)-c1n3cc4ccccn4c3c[n+]1C2. The predicted octanol–water partition coefficient (Wildman–Crippen LogP) is 11.9. The maximum absolute atomic E-state index is 7.93. The molecular weight excluding hydrogens is 1240 g/mol. The topological polar surface area (TPSA) is 122 Å². The summed E-state index contributed by atoms with van der Waals surface area (Å²) in [5, 5.41) is 4.73. The van der Waals surface area contributed by atoms with Crippen molar-refractivity contribution in [1.82, 2.24) is 60.8 Å². The van der Waals surface area contributed by atoms with E-state index >= 15 is 0 Å². The molecule has 0 saturated heterocycles. The highest BCUT2D eigenvalue weighted by Crippen LogP contribution is 2.41. The van der Waals surface area contributed by atoms with Crippen molar-refractivity contribution in [3.05, 3.63) is 279 Å². The molecule has 25 rings (SSSR count). The van der Waals surface area contributed by atoms with Gasteiger partial charge in [0.15, 0.2) is 41.0 Å². The van der Waals surface area contributed by atoms with Gasteiger partial charge in [0.2, 0.25) is 0 Å². The number of para-hydroxylation sites is 2. The minimum Gasteiger partial charge on any atom is -0.330 e. The lowest BCUT2D eigenvalue weighted by Crippen LogP contribution is -2.30. The molecule has 0 saturated carbocycles. The molecule has 0 spiro atoms. The maximum atomic E-state index is 7.93. The lowest BCUT2D eigenvalue weighted by atomic mass is 10.2. The molecule has 18 aromatic heterocycles. The highest BCUT2D eigenvalue weighted by Gasteiger charge is 2.38. The van der Waals surface area contributed by atoms with Crippen molar-refractivity contribution < 1.29 is 26.6 Å². The zero-order chi connectivity index (χ0) is 66.2.